The summed E-state index contributed by atoms with van der Waals surface area (Å²) in [5.41, 5.74) is 0.684. The summed E-state index contributed by atoms with van der Waals surface area (Å²) in [6.45, 7) is 3.89. The number of hydrogen-bond acceptors (Lipinski definition) is 6. The third-order valence-electron chi connectivity index (χ3n) is 3.01. The minimum atomic E-state index is -0.635. The number of aromatic nitrogens is 2. The molecule has 0 fully saturated rings. The van der Waals surface area contributed by atoms with Gasteiger partial charge in [-0.2, -0.15) is 4.98 Å². The lowest BCUT2D eigenvalue weighted by atomic mass is 10.1. The van der Waals surface area contributed by atoms with E-state index in [0.29, 0.717) is 28.8 Å². The highest BCUT2D eigenvalue weighted by molar-refractivity contribution is 5.41. The summed E-state index contributed by atoms with van der Waals surface area (Å²) in [5, 5.41) is 13.6. The molecule has 2 rings (SSSR count). The molecule has 114 valence electrons. The zero-order valence-corrected chi connectivity index (χ0v) is 12.5. The van der Waals surface area contributed by atoms with Crippen LogP contribution < -0.4 is 9.47 Å². The molecular formula is C15H20N2O4. The SMILES string of the molecule is CCCc1noc(COc2cc(OC)ccc2C(C)O)n1. The van der Waals surface area contributed by atoms with Gasteiger partial charge in [0.25, 0.3) is 5.89 Å². The number of methoxy groups -OCH3 is 1. The molecular weight excluding hydrogens is 272 g/mol. The molecule has 6 nitrogen and oxygen atoms in total. The van der Waals surface area contributed by atoms with Gasteiger partial charge in [0.15, 0.2) is 12.4 Å². The highest BCUT2D eigenvalue weighted by Gasteiger charge is 2.13. The molecule has 6 heteroatoms. The van der Waals surface area contributed by atoms with E-state index in [2.05, 4.69) is 17.1 Å². The summed E-state index contributed by atoms with van der Waals surface area (Å²) in [6.07, 6.45) is 1.10. The Morgan fingerprint density at radius 2 is 2.19 bits per heavy atom. The minimum Gasteiger partial charge on any atom is -0.497 e. The maximum atomic E-state index is 9.77. The average molecular weight is 292 g/mol. The Hall–Kier alpha value is -2.08. The van der Waals surface area contributed by atoms with Crippen LogP contribution in [-0.2, 0) is 13.0 Å². The Morgan fingerprint density at radius 3 is 2.86 bits per heavy atom. The lowest BCUT2D eigenvalue weighted by Gasteiger charge is -2.13. The van der Waals surface area contributed by atoms with Crippen molar-refractivity contribution in [2.24, 2.45) is 0 Å². The molecule has 1 unspecified atom stereocenters. The number of aliphatic hydroxyl groups is 1. The molecule has 1 aromatic heterocycles. The first kappa shape index (κ1) is 15.3. The van der Waals surface area contributed by atoms with Gasteiger partial charge in [-0.05, 0) is 25.5 Å². The van der Waals surface area contributed by atoms with E-state index in [1.807, 2.05) is 0 Å². The van der Waals surface area contributed by atoms with Gasteiger partial charge < -0.3 is 19.1 Å². The monoisotopic (exact) mass is 292 g/mol. The van der Waals surface area contributed by atoms with Crippen LogP contribution in [0.4, 0.5) is 0 Å². The van der Waals surface area contributed by atoms with Gasteiger partial charge in [0.05, 0.1) is 13.2 Å². The number of rotatable bonds is 7. The Bertz CT molecular complexity index is 581. The second-order valence-corrected chi connectivity index (χ2v) is 4.72. The second kappa shape index (κ2) is 7.08. The van der Waals surface area contributed by atoms with Crippen molar-refractivity contribution in [3.8, 4) is 11.5 Å². The van der Waals surface area contributed by atoms with Gasteiger partial charge in [-0.25, -0.2) is 0 Å². The zero-order chi connectivity index (χ0) is 15.2. The van der Waals surface area contributed by atoms with E-state index < -0.39 is 6.10 Å². The maximum absolute atomic E-state index is 9.77. The zero-order valence-electron chi connectivity index (χ0n) is 12.5. The molecule has 0 spiro atoms. The molecule has 0 saturated carbocycles. The lowest BCUT2D eigenvalue weighted by molar-refractivity contribution is 0.185. The molecule has 0 bridgehead atoms. The van der Waals surface area contributed by atoms with E-state index in [9.17, 15) is 5.11 Å². The lowest BCUT2D eigenvalue weighted by Crippen LogP contribution is -2.02. The second-order valence-electron chi connectivity index (χ2n) is 4.72. The van der Waals surface area contributed by atoms with E-state index in [-0.39, 0.29) is 6.61 Å². The van der Waals surface area contributed by atoms with Crippen molar-refractivity contribution >= 4 is 0 Å². The van der Waals surface area contributed by atoms with Crippen molar-refractivity contribution < 1.29 is 19.1 Å². The number of nitrogens with zero attached hydrogens (tertiary/aromatic N) is 2. The highest BCUT2D eigenvalue weighted by Crippen LogP contribution is 2.30. The van der Waals surface area contributed by atoms with Crippen LogP contribution in [0.2, 0.25) is 0 Å². The molecule has 1 atom stereocenters. The molecule has 0 aliphatic rings. The summed E-state index contributed by atoms with van der Waals surface area (Å²) in [6, 6.07) is 5.28. The van der Waals surface area contributed by atoms with Gasteiger partial charge in [0.1, 0.15) is 11.5 Å². The highest BCUT2D eigenvalue weighted by atomic mass is 16.5. The third-order valence-corrected chi connectivity index (χ3v) is 3.01. The molecule has 1 N–H and O–H groups in total. The van der Waals surface area contributed by atoms with Crippen LogP contribution in [0.3, 0.4) is 0 Å². The maximum Gasteiger partial charge on any atom is 0.264 e. The first-order valence-corrected chi connectivity index (χ1v) is 6.94. The van der Waals surface area contributed by atoms with E-state index in [1.165, 1.54) is 0 Å². The van der Waals surface area contributed by atoms with Gasteiger partial charge in [-0.3, -0.25) is 0 Å². The fourth-order valence-corrected chi connectivity index (χ4v) is 1.93. The third kappa shape index (κ3) is 3.95. The number of hydrogen-bond donors (Lipinski definition) is 1. The Morgan fingerprint density at radius 1 is 1.38 bits per heavy atom. The molecule has 0 amide bonds. The number of ether oxygens (including phenoxy) is 2. The molecule has 0 saturated heterocycles. The van der Waals surface area contributed by atoms with Crippen molar-refractivity contribution in [1.29, 1.82) is 0 Å². The fourth-order valence-electron chi connectivity index (χ4n) is 1.93. The van der Waals surface area contributed by atoms with Gasteiger partial charge >= 0.3 is 0 Å². The van der Waals surface area contributed by atoms with Crippen LogP contribution in [0, 0.1) is 0 Å². The van der Waals surface area contributed by atoms with E-state index in [4.69, 9.17) is 14.0 Å². The van der Waals surface area contributed by atoms with Gasteiger partial charge in [0.2, 0.25) is 0 Å². The summed E-state index contributed by atoms with van der Waals surface area (Å²) in [5.74, 6) is 2.29. The van der Waals surface area contributed by atoms with Crippen LogP contribution in [0.5, 0.6) is 11.5 Å². The summed E-state index contributed by atoms with van der Waals surface area (Å²) in [7, 11) is 1.58. The van der Waals surface area contributed by atoms with Crippen molar-refractivity contribution in [3.05, 3.63) is 35.5 Å². The quantitative estimate of drug-likeness (QED) is 0.845. The molecule has 1 aromatic carbocycles. The van der Waals surface area contributed by atoms with Crippen LogP contribution >= 0.6 is 0 Å². The molecule has 0 radical (unpaired) electrons. The van der Waals surface area contributed by atoms with E-state index in [1.54, 1.807) is 32.2 Å². The number of aliphatic hydroxyl groups excluding tert-OH is 1. The van der Waals surface area contributed by atoms with Crippen LogP contribution in [0.25, 0.3) is 0 Å². The average Bonchev–Trinajstić information content (AvgIpc) is 2.92. The van der Waals surface area contributed by atoms with Crippen LogP contribution in [0.1, 0.15) is 43.7 Å². The number of aryl methyl sites for hydroxylation is 1. The van der Waals surface area contributed by atoms with Gasteiger partial charge in [-0.1, -0.05) is 12.1 Å². The first-order valence-electron chi connectivity index (χ1n) is 6.94. The Balaban J connectivity index is 2.10. The van der Waals surface area contributed by atoms with Crippen molar-refractivity contribution in [2.45, 2.75) is 39.4 Å². The smallest absolute Gasteiger partial charge is 0.264 e. The topological polar surface area (TPSA) is 77.6 Å². The van der Waals surface area contributed by atoms with Gasteiger partial charge in [-0.15, -0.1) is 0 Å². The fraction of sp³-hybridized carbons (Fsp3) is 0.467. The predicted octanol–water partition coefficient (Wildman–Crippen LogP) is 2.66. The van der Waals surface area contributed by atoms with Crippen LogP contribution in [-0.4, -0.2) is 22.4 Å². The van der Waals surface area contributed by atoms with Crippen molar-refractivity contribution in [1.82, 2.24) is 10.1 Å². The van der Waals surface area contributed by atoms with Crippen molar-refractivity contribution in [2.75, 3.05) is 7.11 Å². The number of benzene rings is 1. The summed E-state index contributed by atoms with van der Waals surface area (Å²) >= 11 is 0. The molecule has 21 heavy (non-hydrogen) atoms. The minimum absolute atomic E-state index is 0.156. The standard InChI is InChI=1S/C15H20N2O4/c1-4-5-14-16-15(21-17-14)9-20-13-8-11(19-3)6-7-12(13)10(2)18/h6-8,10,18H,4-5,9H2,1-3H3. The molecule has 0 aliphatic carbocycles. The molecule has 2 aromatic rings. The molecule has 0 aliphatic heterocycles. The Kier molecular flexibility index (Phi) is 5.16. The normalized spacial score (nSPS) is 12.2. The largest absolute Gasteiger partial charge is 0.497 e. The summed E-state index contributed by atoms with van der Waals surface area (Å²) < 4.78 is 16.0. The predicted molar refractivity (Wildman–Crippen MR) is 76.3 cm³/mol. The van der Waals surface area contributed by atoms with Crippen molar-refractivity contribution in [3.63, 3.8) is 0 Å². The van der Waals surface area contributed by atoms with Crippen LogP contribution in [0.15, 0.2) is 22.7 Å². The first-order chi connectivity index (χ1) is 10.1. The van der Waals surface area contributed by atoms with E-state index >= 15 is 0 Å². The Labute approximate surface area is 123 Å². The molecule has 1 heterocycles. The summed E-state index contributed by atoms with van der Waals surface area (Å²) in [4.78, 5) is 4.24. The van der Waals surface area contributed by atoms with Gasteiger partial charge in [0, 0.05) is 18.1 Å². The van der Waals surface area contributed by atoms with E-state index in [0.717, 1.165) is 12.8 Å².